The van der Waals surface area contributed by atoms with Crippen molar-refractivity contribution in [1.29, 1.82) is 0 Å². The van der Waals surface area contributed by atoms with Gasteiger partial charge in [-0.25, -0.2) is 4.39 Å². The fourth-order valence-corrected chi connectivity index (χ4v) is 3.46. The Morgan fingerprint density at radius 1 is 1.23 bits per heavy atom. The Kier molecular flexibility index (Phi) is 3.15. The van der Waals surface area contributed by atoms with Crippen LogP contribution in [0.15, 0.2) is 48.7 Å². The van der Waals surface area contributed by atoms with E-state index in [2.05, 4.69) is 9.69 Å². The van der Waals surface area contributed by atoms with E-state index in [1.807, 2.05) is 30.3 Å². The Labute approximate surface area is 131 Å². The summed E-state index contributed by atoms with van der Waals surface area (Å²) >= 11 is 1.10. The highest BCUT2D eigenvalue weighted by Gasteiger charge is 2.44. The van der Waals surface area contributed by atoms with E-state index < -0.39 is 5.82 Å². The lowest BCUT2D eigenvalue weighted by molar-refractivity contribution is -0.117. The van der Waals surface area contributed by atoms with Crippen LogP contribution in [0.1, 0.15) is 17.9 Å². The lowest BCUT2D eigenvalue weighted by Crippen LogP contribution is -2.15. The third-order valence-corrected chi connectivity index (χ3v) is 4.88. The van der Waals surface area contributed by atoms with Gasteiger partial charge in [-0.05, 0) is 41.6 Å². The summed E-state index contributed by atoms with van der Waals surface area (Å²) in [7, 11) is 0. The van der Waals surface area contributed by atoms with Crippen molar-refractivity contribution in [2.75, 3.05) is 5.32 Å². The van der Waals surface area contributed by atoms with Gasteiger partial charge in [0.05, 0.1) is 10.4 Å². The van der Waals surface area contributed by atoms with Crippen molar-refractivity contribution in [1.82, 2.24) is 4.37 Å². The van der Waals surface area contributed by atoms with Crippen LogP contribution in [0.5, 0.6) is 0 Å². The summed E-state index contributed by atoms with van der Waals surface area (Å²) in [6.45, 7) is 0. The van der Waals surface area contributed by atoms with Crippen LogP contribution in [-0.2, 0) is 4.79 Å². The summed E-state index contributed by atoms with van der Waals surface area (Å²) < 4.78 is 18.8. The zero-order chi connectivity index (χ0) is 15.1. The average molecular weight is 312 g/mol. The van der Waals surface area contributed by atoms with Crippen molar-refractivity contribution in [2.24, 2.45) is 5.92 Å². The van der Waals surface area contributed by atoms with Gasteiger partial charge in [-0.1, -0.05) is 30.3 Å². The molecule has 3 nitrogen and oxygen atoms in total. The molecule has 2 aromatic carbocycles. The number of fused-ring (bicyclic) bond motifs is 1. The Morgan fingerprint density at radius 2 is 2.05 bits per heavy atom. The Hall–Kier alpha value is -2.27. The molecule has 2 atom stereocenters. The largest absolute Gasteiger partial charge is 0.323 e. The standard InChI is InChI=1S/C17H13FN2OS/c18-15-14(7-6-11-9-19-22-16(11)15)20-17(21)13-8-12(13)10-4-2-1-3-5-10/h1-7,9,12-13H,8H2,(H,20,21)/t12?,13-/m1/s1. The van der Waals surface area contributed by atoms with Gasteiger partial charge in [-0.15, -0.1) is 0 Å². The quantitative estimate of drug-likeness (QED) is 0.788. The normalized spacial score (nSPS) is 20.0. The summed E-state index contributed by atoms with van der Waals surface area (Å²) in [4.78, 5) is 12.3. The highest BCUT2D eigenvalue weighted by atomic mass is 32.1. The van der Waals surface area contributed by atoms with Crippen molar-refractivity contribution in [3.63, 3.8) is 0 Å². The molecule has 1 saturated carbocycles. The molecule has 1 N–H and O–H groups in total. The number of amides is 1. The van der Waals surface area contributed by atoms with E-state index in [1.54, 1.807) is 18.3 Å². The highest BCUT2D eigenvalue weighted by molar-refractivity contribution is 7.13. The summed E-state index contributed by atoms with van der Waals surface area (Å²) in [5.41, 5.74) is 1.40. The van der Waals surface area contributed by atoms with Crippen LogP contribution >= 0.6 is 11.5 Å². The topological polar surface area (TPSA) is 42.0 Å². The molecular weight excluding hydrogens is 299 g/mol. The molecule has 1 aliphatic carbocycles. The van der Waals surface area contributed by atoms with Crippen molar-refractivity contribution in [3.05, 3.63) is 60.0 Å². The number of carbonyl (C=O) groups is 1. The van der Waals surface area contributed by atoms with E-state index in [0.717, 1.165) is 23.3 Å². The number of benzene rings is 2. The summed E-state index contributed by atoms with van der Waals surface area (Å²) in [5.74, 6) is -0.336. The maximum Gasteiger partial charge on any atom is 0.228 e. The van der Waals surface area contributed by atoms with Crippen LogP contribution < -0.4 is 5.32 Å². The number of carbonyl (C=O) groups excluding carboxylic acids is 1. The van der Waals surface area contributed by atoms with E-state index in [4.69, 9.17) is 0 Å². The minimum atomic E-state index is -0.398. The van der Waals surface area contributed by atoms with Crippen LogP contribution in [0.2, 0.25) is 0 Å². The first-order chi connectivity index (χ1) is 10.7. The Morgan fingerprint density at radius 3 is 2.86 bits per heavy atom. The molecule has 0 saturated heterocycles. The molecule has 1 aromatic heterocycles. The minimum Gasteiger partial charge on any atom is -0.323 e. The van der Waals surface area contributed by atoms with Gasteiger partial charge < -0.3 is 5.32 Å². The zero-order valence-corrected chi connectivity index (χ0v) is 12.4. The number of hydrogen-bond acceptors (Lipinski definition) is 3. The van der Waals surface area contributed by atoms with Gasteiger partial charge in [0.2, 0.25) is 5.91 Å². The number of hydrogen-bond donors (Lipinski definition) is 1. The first kappa shape index (κ1) is 13.4. The number of nitrogens with zero attached hydrogens (tertiary/aromatic N) is 1. The van der Waals surface area contributed by atoms with E-state index in [1.165, 1.54) is 5.56 Å². The Balaban J connectivity index is 1.51. The van der Waals surface area contributed by atoms with Gasteiger partial charge in [0.15, 0.2) is 5.82 Å². The number of rotatable bonds is 3. The molecule has 1 fully saturated rings. The van der Waals surface area contributed by atoms with Crippen LogP contribution in [-0.4, -0.2) is 10.3 Å². The molecular formula is C17H13FN2OS. The summed E-state index contributed by atoms with van der Waals surface area (Å²) in [6.07, 6.45) is 2.45. The van der Waals surface area contributed by atoms with Crippen molar-refractivity contribution in [3.8, 4) is 0 Å². The van der Waals surface area contributed by atoms with Gasteiger partial charge >= 0.3 is 0 Å². The first-order valence-corrected chi connectivity index (χ1v) is 7.90. The molecule has 1 amide bonds. The van der Waals surface area contributed by atoms with Gasteiger partial charge in [0.1, 0.15) is 0 Å². The molecule has 0 bridgehead atoms. The number of anilines is 1. The fraction of sp³-hybridized carbons (Fsp3) is 0.176. The van der Waals surface area contributed by atoms with Crippen LogP contribution in [0.3, 0.4) is 0 Å². The lowest BCUT2D eigenvalue weighted by atomic mass is 10.1. The van der Waals surface area contributed by atoms with Crippen LogP contribution in [0.25, 0.3) is 10.1 Å². The van der Waals surface area contributed by atoms with E-state index in [9.17, 15) is 9.18 Å². The third kappa shape index (κ3) is 2.27. The third-order valence-electron chi connectivity index (χ3n) is 4.08. The van der Waals surface area contributed by atoms with E-state index >= 15 is 0 Å². The van der Waals surface area contributed by atoms with Gasteiger partial charge in [-0.3, -0.25) is 4.79 Å². The molecule has 1 heterocycles. The molecule has 0 spiro atoms. The SMILES string of the molecule is O=C(Nc1ccc2cnsc2c1F)[C@@H]1CC1c1ccccc1. The molecule has 4 rings (SSSR count). The maximum absolute atomic E-state index is 14.3. The predicted molar refractivity (Wildman–Crippen MR) is 85.5 cm³/mol. The summed E-state index contributed by atoms with van der Waals surface area (Å²) in [5, 5.41) is 3.48. The molecule has 1 aliphatic rings. The monoisotopic (exact) mass is 312 g/mol. The van der Waals surface area contributed by atoms with Gasteiger partial charge in [0, 0.05) is 17.5 Å². The predicted octanol–water partition coefficient (Wildman–Crippen LogP) is 4.18. The number of nitrogens with one attached hydrogen (secondary N) is 1. The van der Waals surface area contributed by atoms with Crippen molar-refractivity contribution in [2.45, 2.75) is 12.3 Å². The van der Waals surface area contributed by atoms with E-state index in [-0.39, 0.29) is 23.4 Å². The zero-order valence-electron chi connectivity index (χ0n) is 11.6. The fourth-order valence-electron chi connectivity index (χ4n) is 2.78. The smallest absolute Gasteiger partial charge is 0.228 e. The van der Waals surface area contributed by atoms with Crippen LogP contribution in [0.4, 0.5) is 10.1 Å². The second-order valence-electron chi connectivity index (χ2n) is 5.52. The second kappa shape index (κ2) is 5.18. The van der Waals surface area contributed by atoms with Gasteiger partial charge in [0.25, 0.3) is 0 Å². The molecule has 0 aliphatic heterocycles. The molecule has 0 radical (unpaired) electrons. The van der Waals surface area contributed by atoms with E-state index in [0.29, 0.717) is 4.70 Å². The first-order valence-electron chi connectivity index (χ1n) is 7.13. The summed E-state index contributed by atoms with van der Waals surface area (Å²) in [6, 6.07) is 13.3. The van der Waals surface area contributed by atoms with Gasteiger partial charge in [-0.2, -0.15) is 4.37 Å². The Bertz CT molecular complexity index is 846. The van der Waals surface area contributed by atoms with Crippen molar-refractivity contribution < 1.29 is 9.18 Å². The molecule has 3 aromatic rings. The van der Waals surface area contributed by atoms with Crippen LogP contribution in [0, 0.1) is 11.7 Å². The maximum atomic E-state index is 14.3. The molecule has 1 unspecified atom stereocenters. The minimum absolute atomic E-state index is 0.0704. The lowest BCUT2D eigenvalue weighted by Gasteiger charge is -2.06. The molecule has 22 heavy (non-hydrogen) atoms. The average Bonchev–Trinajstić information content (AvgIpc) is 3.21. The molecule has 110 valence electrons. The molecule has 5 heteroatoms. The number of aromatic nitrogens is 1. The highest BCUT2D eigenvalue weighted by Crippen LogP contribution is 2.48. The number of halogens is 1. The van der Waals surface area contributed by atoms with Crippen molar-refractivity contribution >= 4 is 33.2 Å². The second-order valence-corrected chi connectivity index (χ2v) is 6.32.